The molecule has 1 N–H and O–H groups in total. The van der Waals surface area contributed by atoms with Gasteiger partial charge in [0, 0.05) is 12.6 Å². The molecule has 0 radical (unpaired) electrons. The number of carbonyl (C=O) groups is 2. The van der Waals surface area contributed by atoms with Crippen LogP contribution in [0.3, 0.4) is 0 Å². The normalized spacial score (nSPS) is 19.2. The number of hydrogen-bond donors (Lipinski definition) is 1. The van der Waals surface area contributed by atoms with Crippen molar-refractivity contribution in [2.45, 2.75) is 32.2 Å². The molecule has 4 heteroatoms. The first kappa shape index (κ1) is 14.3. The first-order valence-electron chi connectivity index (χ1n) is 6.86. The Hall–Kier alpha value is -2.10. The second-order valence-electron chi connectivity index (χ2n) is 5.13. The van der Waals surface area contributed by atoms with E-state index in [1.807, 2.05) is 31.2 Å². The number of likely N-dealkylation sites (tertiary alicyclic amines) is 1. The van der Waals surface area contributed by atoms with E-state index in [-0.39, 0.29) is 5.91 Å². The number of hydrogen-bond acceptors (Lipinski definition) is 2. The van der Waals surface area contributed by atoms with E-state index in [2.05, 4.69) is 0 Å². The van der Waals surface area contributed by atoms with Gasteiger partial charge in [0.15, 0.2) is 0 Å². The average Bonchev–Trinajstić information content (AvgIpc) is 2.45. The van der Waals surface area contributed by atoms with E-state index >= 15 is 0 Å². The molecule has 0 aliphatic carbocycles. The molecule has 1 aromatic carbocycles. The summed E-state index contributed by atoms with van der Waals surface area (Å²) in [6.07, 6.45) is 5.48. The number of aliphatic carboxylic acids is 1. The van der Waals surface area contributed by atoms with Gasteiger partial charge in [-0.15, -0.1) is 0 Å². The lowest BCUT2D eigenvalue weighted by atomic mass is 10.0. The number of rotatable bonds is 3. The summed E-state index contributed by atoms with van der Waals surface area (Å²) in [5.41, 5.74) is 2.07. The molecule has 2 rings (SSSR count). The summed E-state index contributed by atoms with van der Waals surface area (Å²) in [6, 6.07) is 7.14. The maximum Gasteiger partial charge on any atom is 0.326 e. The first-order valence-corrected chi connectivity index (χ1v) is 6.86. The molecule has 1 saturated heterocycles. The highest BCUT2D eigenvalue weighted by Gasteiger charge is 2.30. The zero-order valence-electron chi connectivity index (χ0n) is 11.6. The van der Waals surface area contributed by atoms with Gasteiger partial charge in [-0.05, 0) is 37.8 Å². The summed E-state index contributed by atoms with van der Waals surface area (Å²) in [5, 5.41) is 9.16. The molecule has 0 spiro atoms. The highest BCUT2D eigenvalue weighted by molar-refractivity contribution is 5.94. The van der Waals surface area contributed by atoms with E-state index in [9.17, 15) is 9.59 Å². The first-order chi connectivity index (χ1) is 9.58. The Morgan fingerprint density at radius 2 is 2.15 bits per heavy atom. The van der Waals surface area contributed by atoms with Gasteiger partial charge in [0.2, 0.25) is 5.91 Å². The van der Waals surface area contributed by atoms with E-state index < -0.39 is 12.0 Å². The molecule has 1 amide bonds. The minimum absolute atomic E-state index is 0.224. The summed E-state index contributed by atoms with van der Waals surface area (Å²) < 4.78 is 0. The van der Waals surface area contributed by atoms with Gasteiger partial charge in [0.1, 0.15) is 6.04 Å². The van der Waals surface area contributed by atoms with E-state index in [1.54, 1.807) is 6.08 Å². The van der Waals surface area contributed by atoms with Crippen LogP contribution in [0.25, 0.3) is 6.08 Å². The quantitative estimate of drug-likeness (QED) is 0.861. The van der Waals surface area contributed by atoms with Crippen LogP contribution in [-0.2, 0) is 9.59 Å². The molecule has 1 aliphatic heterocycles. The molecule has 0 aromatic heterocycles. The van der Waals surface area contributed by atoms with Crippen LogP contribution in [0.15, 0.2) is 30.3 Å². The number of carbonyl (C=O) groups excluding carboxylic acids is 1. The minimum atomic E-state index is -0.915. The number of nitrogens with zero attached hydrogens (tertiary/aromatic N) is 1. The highest BCUT2D eigenvalue weighted by atomic mass is 16.4. The third kappa shape index (κ3) is 3.47. The van der Waals surface area contributed by atoms with Crippen LogP contribution in [0, 0.1) is 6.92 Å². The second-order valence-corrected chi connectivity index (χ2v) is 5.13. The lowest BCUT2D eigenvalue weighted by molar-refractivity contribution is -0.150. The van der Waals surface area contributed by atoms with Crippen molar-refractivity contribution in [3.05, 3.63) is 41.5 Å². The number of carboxylic acids is 1. The fourth-order valence-electron chi connectivity index (χ4n) is 2.49. The zero-order valence-corrected chi connectivity index (χ0v) is 11.6. The van der Waals surface area contributed by atoms with Gasteiger partial charge in [0.25, 0.3) is 0 Å². The molecule has 4 nitrogen and oxygen atoms in total. The summed E-state index contributed by atoms with van der Waals surface area (Å²) in [5.74, 6) is -1.14. The van der Waals surface area contributed by atoms with Crippen LogP contribution in [0.4, 0.5) is 0 Å². The van der Waals surface area contributed by atoms with Crippen molar-refractivity contribution in [1.82, 2.24) is 4.90 Å². The molecule has 106 valence electrons. The largest absolute Gasteiger partial charge is 0.480 e. The fraction of sp³-hybridized carbons (Fsp3) is 0.375. The Labute approximate surface area is 118 Å². The van der Waals surface area contributed by atoms with Gasteiger partial charge in [-0.1, -0.05) is 29.8 Å². The summed E-state index contributed by atoms with van der Waals surface area (Å²) in [6.45, 7) is 2.51. The highest BCUT2D eigenvalue weighted by Crippen LogP contribution is 2.18. The van der Waals surface area contributed by atoms with E-state index in [1.165, 1.54) is 11.0 Å². The monoisotopic (exact) mass is 273 g/mol. The zero-order chi connectivity index (χ0) is 14.5. The lowest BCUT2D eigenvalue weighted by Gasteiger charge is -2.32. The van der Waals surface area contributed by atoms with Gasteiger partial charge < -0.3 is 10.0 Å². The number of amides is 1. The van der Waals surface area contributed by atoms with Crippen molar-refractivity contribution in [2.75, 3.05) is 6.54 Å². The van der Waals surface area contributed by atoms with Gasteiger partial charge >= 0.3 is 5.97 Å². The predicted octanol–water partition coefficient (Wildman–Crippen LogP) is 2.47. The standard InChI is InChI=1S/C16H19NO3/c1-12-5-4-6-13(11-12)8-9-15(18)17-10-3-2-7-14(17)16(19)20/h4-6,8-9,11,14H,2-3,7,10H2,1H3,(H,19,20)/b9-8+. The van der Waals surface area contributed by atoms with Crippen molar-refractivity contribution in [3.8, 4) is 0 Å². The molecular formula is C16H19NO3. The summed E-state index contributed by atoms with van der Waals surface area (Å²) >= 11 is 0. The van der Waals surface area contributed by atoms with Crippen LogP contribution < -0.4 is 0 Å². The molecule has 1 atom stereocenters. The maximum absolute atomic E-state index is 12.1. The number of benzene rings is 1. The SMILES string of the molecule is Cc1cccc(/C=C/C(=O)N2CCCCC2C(=O)O)c1. The van der Waals surface area contributed by atoms with Gasteiger partial charge in [0.05, 0.1) is 0 Å². The van der Waals surface area contributed by atoms with Gasteiger partial charge in [-0.2, -0.15) is 0 Å². The number of aryl methyl sites for hydroxylation is 1. The van der Waals surface area contributed by atoms with Crippen LogP contribution in [0.5, 0.6) is 0 Å². The molecular weight excluding hydrogens is 254 g/mol. The molecule has 0 saturated carbocycles. The maximum atomic E-state index is 12.1. The van der Waals surface area contributed by atoms with Crippen molar-refractivity contribution < 1.29 is 14.7 Å². The summed E-state index contributed by atoms with van der Waals surface area (Å²) in [4.78, 5) is 24.8. The third-order valence-electron chi connectivity index (χ3n) is 3.53. The van der Waals surface area contributed by atoms with E-state index in [0.29, 0.717) is 13.0 Å². The van der Waals surface area contributed by atoms with Crippen LogP contribution in [0.1, 0.15) is 30.4 Å². The molecule has 1 heterocycles. The van der Waals surface area contributed by atoms with Gasteiger partial charge in [-0.3, -0.25) is 4.79 Å². The average molecular weight is 273 g/mol. The molecule has 1 aromatic rings. The lowest BCUT2D eigenvalue weighted by Crippen LogP contribution is -2.47. The predicted molar refractivity (Wildman–Crippen MR) is 77.2 cm³/mol. The van der Waals surface area contributed by atoms with Crippen molar-refractivity contribution >= 4 is 18.0 Å². The third-order valence-corrected chi connectivity index (χ3v) is 3.53. The number of carboxylic acid groups (broad SMARTS) is 1. The topological polar surface area (TPSA) is 57.6 Å². The molecule has 20 heavy (non-hydrogen) atoms. The van der Waals surface area contributed by atoms with Crippen molar-refractivity contribution in [3.63, 3.8) is 0 Å². The molecule has 1 fully saturated rings. The smallest absolute Gasteiger partial charge is 0.326 e. The van der Waals surface area contributed by atoms with Crippen molar-refractivity contribution in [1.29, 1.82) is 0 Å². The minimum Gasteiger partial charge on any atom is -0.480 e. The number of piperidine rings is 1. The van der Waals surface area contributed by atoms with Crippen LogP contribution in [0.2, 0.25) is 0 Å². The molecule has 1 aliphatic rings. The van der Waals surface area contributed by atoms with E-state index in [0.717, 1.165) is 24.0 Å². The fourth-order valence-corrected chi connectivity index (χ4v) is 2.49. The Kier molecular flexibility index (Phi) is 4.56. The van der Waals surface area contributed by atoms with E-state index in [4.69, 9.17) is 5.11 Å². The Morgan fingerprint density at radius 1 is 1.35 bits per heavy atom. The van der Waals surface area contributed by atoms with Crippen molar-refractivity contribution in [2.24, 2.45) is 0 Å². The summed E-state index contributed by atoms with van der Waals surface area (Å²) in [7, 11) is 0. The van der Waals surface area contributed by atoms with Crippen LogP contribution in [-0.4, -0.2) is 34.5 Å². The van der Waals surface area contributed by atoms with Gasteiger partial charge in [-0.25, -0.2) is 4.79 Å². The second kappa shape index (κ2) is 6.37. The Morgan fingerprint density at radius 3 is 2.85 bits per heavy atom. The Bertz CT molecular complexity index is 536. The Balaban J connectivity index is 2.08. The molecule has 0 bridgehead atoms. The molecule has 1 unspecified atom stereocenters. The van der Waals surface area contributed by atoms with Crippen LogP contribution >= 0.6 is 0 Å².